The fourth-order valence-corrected chi connectivity index (χ4v) is 7.73. The van der Waals surface area contributed by atoms with E-state index in [9.17, 15) is 0 Å². The summed E-state index contributed by atoms with van der Waals surface area (Å²) in [5, 5.41) is 11.1. The summed E-state index contributed by atoms with van der Waals surface area (Å²) < 4.78 is 4.90. The van der Waals surface area contributed by atoms with Crippen molar-refractivity contribution in [3.05, 3.63) is 78.5 Å². The van der Waals surface area contributed by atoms with E-state index in [1.807, 2.05) is 0 Å². The normalized spacial score (nSPS) is 13.0. The Balaban J connectivity index is 1.96. The van der Waals surface area contributed by atoms with Gasteiger partial charge < -0.3 is 4.40 Å². The van der Waals surface area contributed by atoms with Crippen molar-refractivity contribution < 1.29 is 4.57 Å². The molecule has 0 spiro atoms. The highest BCUT2D eigenvalue weighted by molar-refractivity contribution is 6.91. The van der Waals surface area contributed by atoms with E-state index in [1.54, 1.807) is 5.19 Å². The molecule has 0 fully saturated rings. The minimum Gasteiger partial charge on any atom is -0.307 e. The Labute approximate surface area is 194 Å². The third-order valence-electron chi connectivity index (χ3n) is 7.61. The molecule has 4 aromatic carbocycles. The molecule has 3 heterocycles. The SMILES string of the molecule is Cc1c2ccccc2cc2c1c1c3c(cc[n+]1C)cc([Si](C)(C)C)c1c4ccccc4n2c13. The number of hydrogen-bond donors (Lipinski definition) is 0. The van der Waals surface area contributed by atoms with Crippen LogP contribution in [-0.4, -0.2) is 12.5 Å². The first-order chi connectivity index (χ1) is 15.9. The molecule has 0 unspecified atom stereocenters. The van der Waals surface area contributed by atoms with Crippen molar-refractivity contribution in [1.82, 2.24) is 4.40 Å². The van der Waals surface area contributed by atoms with Crippen LogP contribution in [0.15, 0.2) is 72.9 Å². The van der Waals surface area contributed by atoms with Gasteiger partial charge in [-0.1, -0.05) is 68.2 Å². The van der Waals surface area contributed by atoms with Gasteiger partial charge in [0.05, 0.1) is 35.4 Å². The Morgan fingerprint density at radius 3 is 2.24 bits per heavy atom. The molecule has 0 amide bonds. The van der Waals surface area contributed by atoms with Crippen LogP contribution in [0.25, 0.3) is 59.8 Å². The fourth-order valence-electron chi connectivity index (χ4n) is 6.14. The molecule has 0 saturated carbocycles. The Kier molecular flexibility index (Phi) is 3.54. The second-order valence-corrected chi connectivity index (χ2v) is 15.6. The van der Waals surface area contributed by atoms with Gasteiger partial charge in [-0.15, -0.1) is 0 Å². The van der Waals surface area contributed by atoms with E-state index in [0.717, 1.165) is 0 Å². The van der Waals surface area contributed by atoms with Gasteiger partial charge in [-0.05, 0) is 46.0 Å². The minimum atomic E-state index is -1.59. The summed E-state index contributed by atoms with van der Waals surface area (Å²) in [7, 11) is 0.606. The van der Waals surface area contributed by atoms with Crippen molar-refractivity contribution in [2.24, 2.45) is 7.05 Å². The number of pyridine rings is 2. The number of hydrogen-bond acceptors (Lipinski definition) is 0. The zero-order chi connectivity index (χ0) is 22.6. The Morgan fingerprint density at radius 2 is 1.45 bits per heavy atom. The van der Waals surface area contributed by atoms with Crippen LogP contribution >= 0.6 is 0 Å². The lowest BCUT2D eigenvalue weighted by Crippen LogP contribution is -2.38. The predicted molar refractivity (Wildman–Crippen MR) is 145 cm³/mol. The lowest BCUT2D eigenvalue weighted by molar-refractivity contribution is -0.643. The molecule has 0 N–H and O–H groups in total. The van der Waals surface area contributed by atoms with Gasteiger partial charge in [-0.3, -0.25) is 0 Å². The van der Waals surface area contributed by atoms with Gasteiger partial charge in [0.15, 0.2) is 6.20 Å². The number of rotatable bonds is 1. The number of benzene rings is 4. The maximum Gasteiger partial charge on any atom is 0.224 e. The largest absolute Gasteiger partial charge is 0.307 e. The molecule has 0 aliphatic rings. The van der Waals surface area contributed by atoms with Gasteiger partial charge in [0.25, 0.3) is 0 Å². The molecule has 0 atom stereocenters. The Bertz CT molecular complexity index is 1920. The average molecular weight is 444 g/mol. The molecule has 0 aliphatic carbocycles. The zero-order valence-electron chi connectivity index (χ0n) is 19.8. The quantitative estimate of drug-likeness (QED) is 0.114. The van der Waals surface area contributed by atoms with E-state index < -0.39 is 8.07 Å². The molecule has 0 radical (unpaired) electrons. The maximum atomic E-state index is 2.57. The van der Waals surface area contributed by atoms with E-state index in [4.69, 9.17) is 0 Å². The van der Waals surface area contributed by atoms with Crippen molar-refractivity contribution in [2.75, 3.05) is 0 Å². The highest BCUT2D eigenvalue weighted by atomic mass is 28.3. The molecule has 3 aromatic heterocycles. The smallest absolute Gasteiger partial charge is 0.224 e. The molecule has 160 valence electrons. The third kappa shape index (κ3) is 2.30. The topological polar surface area (TPSA) is 8.29 Å². The van der Waals surface area contributed by atoms with Gasteiger partial charge in [-0.2, -0.15) is 0 Å². The molecule has 3 heteroatoms. The van der Waals surface area contributed by atoms with Crippen molar-refractivity contribution in [3.63, 3.8) is 0 Å². The van der Waals surface area contributed by atoms with Gasteiger partial charge in [-0.25, -0.2) is 4.57 Å². The highest BCUT2D eigenvalue weighted by Gasteiger charge is 2.29. The lowest BCUT2D eigenvalue weighted by Gasteiger charge is -2.21. The first kappa shape index (κ1) is 19.1. The van der Waals surface area contributed by atoms with Gasteiger partial charge in [0, 0.05) is 16.8 Å². The number of aryl methyl sites for hydroxylation is 2. The summed E-state index contributed by atoms with van der Waals surface area (Å²) in [6, 6.07) is 25.1. The van der Waals surface area contributed by atoms with Crippen molar-refractivity contribution >= 4 is 73.0 Å². The van der Waals surface area contributed by atoms with Gasteiger partial charge >= 0.3 is 0 Å². The number of fused-ring (bicyclic) bond motifs is 7. The standard InChI is InChI=1S/C30H27N2Si/c1-18-21-11-7-6-10-19(21)16-24-26(18)29-27-20(14-15-31(29)2)17-25(33(3,4)5)28-22-12-8-9-13-23(22)32(24)30(27)28/h6-17H,1-5H3/q+1. The summed E-state index contributed by atoms with van der Waals surface area (Å²) >= 11 is 0. The van der Waals surface area contributed by atoms with Gasteiger partial charge in [0.2, 0.25) is 5.52 Å². The first-order valence-electron chi connectivity index (χ1n) is 11.8. The van der Waals surface area contributed by atoms with Crippen LogP contribution < -0.4 is 9.75 Å². The second-order valence-electron chi connectivity index (χ2n) is 10.6. The molecule has 0 bridgehead atoms. The minimum absolute atomic E-state index is 1.30. The van der Waals surface area contributed by atoms with Gasteiger partial charge in [0.1, 0.15) is 7.05 Å². The third-order valence-corrected chi connectivity index (χ3v) is 9.62. The van der Waals surface area contributed by atoms with Crippen molar-refractivity contribution in [1.29, 1.82) is 0 Å². The van der Waals surface area contributed by atoms with E-state index in [0.29, 0.717) is 0 Å². The van der Waals surface area contributed by atoms with Crippen LogP contribution in [0.1, 0.15) is 5.56 Å². The summed E-state index contributed by atoms with van der Waals surface area (Å²) in [6.07, 6.45) is 2.24. The number of nitrogens with zero attached hydrogens (tertiary/aromatic N) is 2. The van der Waals surface area contributed by atoms with Crippen molar-refractivity contribution in [3.8, 4) is 0 Å². The highest BCUT2D eigenvalue weighted by Crippen LogP contribution is 2.42. The van der Waals surface area contributed by atoms with Crippen molar-refractivity contribution in [2.45, 2.75) is 26.6 Å². The van der Waals surface area contributed by atoms with E-state index in [-0.39, 0.29) is 0 Å². The van der Waals surface area contributed by atoms with Crippen LogP contribution in [0.5, 0.6) is 0 Å². The van der Waals surface area contributed by atoms with Crippen LogP contribution in [0.3, 0.4) is 0 Å². The predicted octanol–water partition coefficient (Wildman–Crippen LogP) is 6.82. The fraction of sp³-hybridized carbons (Fsp3) is 0.167. The molecular weight excluding hydrogens is 416 g/mol. The summed E-state index contributed by atoms with van der Waals surface area (Å²) in [6.45, 7) is 9.72. The molecule has 7 aromatic rings. The first-order valence-corrected chi connectivity index (χ1v) is 15.3. The number of para-hydroxylation sites is 1. The number of aromatic nitrogens is 2. The van der Waals surface area contributed by atoms with Crippen LogP contribution in [0.4, 0.5) is 0 Å². The zero-order valence-corrected chi connectivity index (χ0v) is 20.8. The summed E-state index contributed by atoms with van der Waals surface area (Å²) in [5.74, 6) is 0. The Morgan fingerprint density at radius 1 is 0.727 bits per heavy atom. The lowest BCUT2D eigenvalue weighted by atomic mass is 9.96. The molecular formula is C30H27N2Si+. The molecule has 0 aliphatic heterocycles. The molecule has 2 nitrogen and oxygen atoms in total. The van der Waals surface area contributed by atoms with Crippen LogP contribution in [0, 0.1) is 6.92 Å². The summed E-state index contributed by atoms with van der Waals surface area (Å²) in [5.41, 5.74) is 6.71. The monoisotopic (exact) mass is 443 g/mol. The van der Waals surface area contributed by atoms with E-state index in [1.165, 1.54) is 65.3 Å². The Hall–Kier alpha value is -3.43. The van der Waals surface area contributed by atoms with E-state index in [2.05, 4.69) is 116 Å². The average Bonchev–Trinajstić information content (AvgIpc) is 3.14. The molecule has 0 saturated heterocycles. The maximum absolute atomic E-state index is 2.57. The molecule has 33 heavy (non-hydrogen) atoms. The van der Waals surface area contributed by atoms with Crippen LogP contribution in [0.2, 0.25) is 19.6 Å². The summed E-state index contributed by atoms with van der Waals surface area (Å²) in [4.78, 5) is 0. The van der Waals surface area contributed by atoms with Crippen LogP contribution in [-0.2, 0) is 7.05 Å². The second kappa shape index (κ2) is 6.12. The molecule has 7 rings (SSSR count). The van der Waals surface area contributed by atoms with E-state index >= 15 is 0 Å².